The first-order valence-corrected chi connectivity index (χ1v) is 12.3. The van der Waals surface area contributed by atoms with E-state index in [0.29, 0.717) is 43.4 Å². The van der Waals surface area contributed by atoms with Crippen molar-refractivity contribution in [2.24, 2.45) is 0 Å². The molecular formula is C23H29NO6S. The van der Waals surface area contributed by atoms with E-state index < -0.39 is 10.6 Å². The van der Waals surface area contributed by atoms with Gasteiger partial charge in [-0.05, 0) is 53.9 Å². The van der Waals surface area contributed by atoms with Gasteiger partial charge in [0, 0.05) is 31.6 Å². The number of methoxy groups -OCH3 is 1. The first-order valence-electron chi connectivity index (χ1n) is 10.4. The zero-order chi connectivity index (χ0) is 22.0. The van der Waals surface area contributed by atoms with Gasteiger partial charge in [0.15, 0.2) is 0 Å². The Bertz CT molecular complexity index is 967. The Morgan fingerprint density at radius 2 is 1.97 bits per heavy atom. The van der Waals surface area contributed by atoms with Crippen LogP contribution in [0.2, 0.25) is 0 Å². The highest BCUT2D eigenvalue weighted by atomic mass is 32.3. The van der Waals surface area contributed by atoms with Crippen LogP contribution in [0, 0.1) is 6.92 Å². The summed E-state index contributed by atoms with van der Waals surface area (Å²) in [6.45, 7) is 5.26. The monoisotopic (exact) mass is 447 g/mol. The molecule has 2 heterocycles. The smallest absolute Gasteiger partial charge is 0.337 e. The number of esters is 1. The third kappa shape index (κ3) is 4.98. The van der Waals surface area contributed by atoms with Crippen molar-refractivity contribution in [3.05, 3.63) is 47.0 Å². The summed E-state index contributed by atoms with van der Waals surface area (Å²) in [5.74, 6) is 2.09. The lowest BCUT2D eigenvalue weighted by atomic mass is 9.92. The molecule has 168 valence electrons. The lowest BCUT2D eigenvalue weighted by molar-refractivity contribution is 0.0600. The topological polar surface area (TPSA) is 88.5 Å². The van der Waals surface area contributed by atoms with Gasteiger partial charge in [0.25, 0.3) is 0 Å². The van der Waals surface area contributed by atoms with E-state index in [1.807, 2.05) is 25.1 Å². The summed E-state index contributed by atoms with van der Waals surface area (Å²) in [6, 6.07) is 9.46. The highest BCUT2D eigenvalue weighted by Crippen LogP contribution is 2.41. The van der Waals surface area contributed by atoms with Gasteiger partial charge in [-0.25, -0.2) is 4.79 Å². The van der Waals surface area contributed by atoms with E-state index in [1.54, 1.807) is 6.07 Å². The van der Waals surface area contributed by atoms with Crippen molar-refractivity contribution in [3.8, 4) is 22.6 Å². The Morgan fingerprint density at radius 3 is 2.71 bits per heavy atom. The van der Waals surface area contributed by atoms with Crippen molar-refractivity contribution in [1.82, 2.24) is 4.90 Å². The Balaban J connectivity index is 1.50. The molecule has 4 rings (SSSR count). The Morgan fingerprint density at radius 1 is 1.19 bits per heavy atom. The molecule has 0 aliphatic carbocycles. The summed E-state index contributed by atoms with van der Waals surface area (Å²) in [7, 11) is -0.993. The summed E-state index contributed by atoms with van der Waals surface area (Å²) in [5, 5.41) is 0. The minimum Gasteiger partial charge on any atom is -0.493 e. The quantitative estimate of drug-likeness (QED) is 0.674. The molecule has 8 heteroatoms. The van der Waals surface area contributed by atoms with E-state index in [2.05, 4.69) is 11.0 Å². The molecule has 31 heavy (non-hydrogen) atoms. The molecular weight excluding hydrogens is 418 g/mol. The van der Waals surface area contributed by atoms with Crippen LogP contribution in [0.3, 0.4) is 0 Å². The molecule has 0 atom stereocenters. The Kier molecular flexibility index (Phi) is 6.43. The molecule has 0 spiro atoms. The second-order valence-corrected chi connectivity index (χ2v) is 10.4. The van der Waals surface area contributed by atoms with Gasteiger partial charge in [0.1, 0.15) is 18.1 Å². The predicted molar refractivity (Wildman–Crippen MR) is 122 cm³/mol. The average Bonchev–Trinajstić information content (AvgIpc) is 2.93. The maximum atomic E-state index is 12.0. The fourth-order valence-corrected chi connectivity index (χ4v) is 5.44. The maximum absolute atomic E-state index is 12.0. The normalized spacial score (nSPS) is 18.7. The molecule has 0 unspecified atom stereocenters. The van der Waals surface area contributed by atoms with Crippen molar-refractivity contribution in [2.45, 2.75) is 13.3 Å². The summed E-state index contributed by atoms with van der Waals surface area (Å²) >= 11 is 0. The first kappa shape index (κ1) is 22.0. The van der Waals surface area contributed by atoms with Crippen LogP contribution in [0.1, 0.15) is 21.5 Å². The summed E-state index contributed by atoms with van der Waals surface area (Å²) in [4.78, 5) is 14.2. The van der Waals surface area contributed by atoms with Crippen molar-refractivity contribution < 1.29 is 28.1 Å². The molecule has 2 aromatic carbocycles. The van der Waals surface area contributed by atoms with Gasteiger partial charge in [-0.1, -0.05) is 0 Å². The predicted octanol–water partition coefficient (Wildman–Crippen LogP) is 3.83. The number of hydrogen-bond donors (Lipinski definition) is 2. The molecule has 7 nitrogen and oxygen atoms in total. The SMILES string of the molecule is COC(=O)c1ccc2c(c1)-c1c(C)cc(OCCN3CCS(O)(O)CC3)cc1CCO2. The number of carbonyl (C=O) groups excluding carboxylic acids is 1. The number of rotatable bonds is 5. The average molecular weight is 448 g/mol. The molecule has 2 aliphatic heterocycles. The Labute approximate surface area is 184 Å². The molecule has 0 aromatic heterocycles. The van der Waals surface area contributed by atoms with E-state index >= 15 is 0 Å². The van der Waals surface area contributed by atoms with Crippen molar-refractivity contribution in [3.63, 3.8) is 0 Å². The fraction of sp³-hybridized carbons (Fsp3) is 0.435. The first-order chi connectivity index (χ1) is 14.9. The molecule has 1 fully saturated rings. The number of benzene rings is 2. The standard InChI is InChI=1S/C23H29NO6S/c1-16-13-19(29-10-6-24-7-11-31(26,27)12-8-24)14-17-5-9-30-21-4-3-18(23(25)28-2)15-20(21)22(16)17/h3-4,13-15,26-27H,5-12H2,1-2H3. The van der Waals surface area contributed by atoms with Crippen molar-refractivity contribution >= 4 is 16.6 Å². The largest absolute Gasteiger partial charge is 0.493 e. The molecule has 2 N–H and O–H groups in total. The molecule has 0 amide bonds. The van der Waals surface area contributed by atoms with E-state index in [9.17, 15) is 13.9 Å². The summed E-state index contributed by atoms with van der Waals surface area (Å²) in [5.41, 5.74) is 4.66. The Hall–Kier alpha value is -2.26. The minimum atomic E-state index is -2.37. The summed E-state index contributed by atoms with van der Waals surface area (Å²) in [6.07, 6.45) is 0.750. The van der Waals surface area contributed by atoms with Crippen LogP contribution in [0.25, 0.3) is 11.1 Å². The third-order valence-electron chi connectivity index (χ3n) is 5.83. The highest BCUT2D eigenvalue weighted by Gasteiger charge is 2.23. The van der Waals surface area contributed by atoms with Crippen LogP contribution in [0.4, 0.5) is 0 Å². The maximum Gasteiger partial charge on any atom is 0.337 e. The molecule has 0 saturated carbocycles. The number of hydrogen-bond acceptors (Lipinski definition) is 7. The van der Waals surface area contributed by atoms with Crippen molar-refractivity contribution in [2.75, 3.05) is 51.5 Å². The van der Waals surface area contributed by atoms with Gasteiger partial charge in [-0.15, -0.1) is 0 Å². The molecule has 2 aromatic rings. The third-order valence-corrected chi connectivity index (χ3v) is 7.51. The number of aryl methyl sites for hydroxylation is 1. The van der Waals surface area contributed by atoms with Gasteiger partial charge in [-0.3, -0.25) is 14.0 Å². The molecule has 1 saturated heterocycles. The molecule has 0 radical (unpaired) electrons. The van der Waals surface area contributed by atoms with E-state index in [4.69, 9.17) is 14.2 Å². The van der Waals surface area contributed by atoms with E-state index in [1.165, 1.54) is 7.11 Å². The van der Waals surface area contributed by atoms with Gasteiger partial charge in [0.2, 0.25) is 0 Å². The van der Waals surface area contributed by atoms with Gasteiger partial charge in [0.05, 0.1) is 30.8 Å². The molecule has 2 aliphatic rings. The number of fused-ring (bicyclic) bond motifs is 3. The number of nitrogens with zero attached hydrogens (tertiary/aromatic N) is 1. The van der Waals surface area contributed by atoms with Gasteiger partial charge >= 0.3 is 5.97 Å². The number of carbonyl (C=O) groups is 1. The van der Waals surface area contributed by atoms with Crippen LogP contribution in [-0.4, -0.2) is 71.4 Å². The second-order valence-electron chi connectivity index (χ2n) is 7.98. The minimum absolute atomic E-state index is 0.370. The van der Waals surface area contributed by atoms with Crippen LogP contribution in [0.5, 0.6) is 11.5 Å². The zero-order valence-corrected chi connectivity index (χ0v) is 18.7. The van der Waals surface area contributed by atoms with Crippen LogP contribution < -0.4 is 9.47 Å². The van der Waals surface area contributed by atoms with E-state index in [-0.39, 0.29) is 5.97 Å². The van der Waals surface area contributed by atoms with Crippen LogP contribution in [-0.2, 0) is 11.2 Å². The van der Waals surface area contributed by atoms with Crippen LogP contribution >= 0.6 is 10.6 Å². The summed E-state index contributed by atoms with van der Waals surface area (Å²) < 4.78 is 36.3. The fourth-order valence-electron chi connectivity index (χ4n) is 4.14. The lowest BCUT2D eigenvalue weighted by Crippen LogP contribution is -2.40. The zero-order valence-electron chi connectivity index (χ0n) is 17.9. The van der Waals surface area contributed by atoms with Gasteiger partial charge < -0.3 is 14.2 Å². The van der Waals surface area contributed by atoms with Crippen LogP contribution in [0.15, 0.2) is 30.3 Å². The lowest BCUT2D eigenvalue weighted by Gasteiger charge is -2.40. The number of ether oxygens (including phenoxy) is 3. The molecule has 0 bridgehead atoms. The van der Waals surface area contributed by atoms with E-state index in [0.717, 1.165) is 46.7 Å². The van der Waals surface area contributed by atoms with Crippen molar-refractivity contribution in [1.29, 1.82) is 0 Å². The second kappa shape index (κ2) is 9.08. The van der Waals surface area contributed by atoms with Gasteiger partial charge in [-0.2, -0.15) is 10.6 Å². The highest BCUT2D eigenvalue weighted by molar-refractivity contribution is 8.24.